The third-order valence-corrected chi connectivity index (χ3v) is 17.2. The Kier molecular flexibility index (Phi) is 69.5. The van der Waals surface area contributed by atoms with E-state index in [-0.39, 0.29) is 31.1 Å². The van der Waals surface area contributed by atoms with E-state index in [1.807, 2.05) is 0 Å². The average molecular weight is 1150 g/mol. The predicted molar refractivity (Wildman–Crippen MR) is 358 cm³/mol. The summed E-state index contributed by atoms with van der Waals surface area (Å²) >= 11 is 0. The van der Waals surface area contributed by atoms with Crippen molar-refractivity contribution in [3.63, 3.8) is 0 Å². The second-order valence-electron chi connectivity index (χ2n) is 25.6. The maximum atomic E-state index is 13.0. The highest BCUT2D eigenvalue weighted by Crippen LogP contribution is 2.19. The Morgan fingerprint density at radius 2 is 0.439 bits per heavy atom. The van der Waals surface area contributed by atoms with Crippen LogP contribution in [-0.2, 0) is 28.6 Å². The molecule has 0 aliphatic rings. The van der Waals surface area contributed by atoms with E-state index in [2.05, 4.69) is 45.1 Å². The molecule has 0 N–H and O–H groups in total. The van der Waals surface area contributed by atoms with Crippen molar-refractivity contribution in [1.29, 1.82) is 0 Å². The van der Waals surface area contributed by atoms with Gasteiger partial charge in [-0.3, -0.25) is 14.4 Å². The summed E-state index contributed by atoms with van der Waals surface area (Å²) in [5.41, 5.74) is 0. The summed E-state index contributed by atoms with van der Waals surface area (Å²) in [7, 11) is 0. The minimum atomic E-state index is -0.769. The first kappa shape index (κ1) is 79.9. The van der Waals surface area contributed by atoms with Crippen LogP contribution in [0, 0.1) is 0 Å². The van der Waals surface area contributed by atoms with Crippen molar-refractivity contribution in [2.24, 2.45) is 0 Å². The molecule has 0 fully saturated rings. The van der Waals surface area contributed by atoms with Gasteiger partial charge in [0.05, 0.1) is 0 Å². The first-order valence-electron chi connectivity index (χ1n) is 37.3. The maximum absolute atomic E-state index is 13.0. The van der Waals surface area contributed by atoms with E-state index in [4.69, 9.17) is 14.2 Å². The van der Waals surface area contributed by atoms with Gasteiger partial charge in [-0.05, 0) is 51.4 Å². The van der Waals surface area contributed by atoms with Gasteiger partial charge in [0.25, 0.3) is 0 Å². The summed E-state index contributed by atoms with van der Waals surface area (Å²) in [6.07, 6.45) is 87.8. The first-order valence-corrected chi connectivity index (χ1v) is 37.3. The molecule has 6 heteroatoms. The fourth-order valence-corrected chi connectivity index (χ4v) is 11.6. The number of esters is 3. The highest BCUT2D eigenvalue weighted by atomic mass is 16.6. The zero-order valence-corrected chi connectivity index (χ0v) is 55.8. The summed E-state index contributed by atoms with van der Waals surface area (Å²) in [6.45, 7) is 6.73. The van der Waals surface area contributed by atoms with Gasteiger partial charge in [0.2, 0.25) is 0 Å². The van der Waals surface area contributed by atoms with Gasteiger partial charge in [0.1, 0.15) is 13.2 Å². The molecule has 0 aromatic heterocycles. The van der Waals surface area contributed by atoms with E-state index in [1.54, 1.807) is 0 Å². The second kappa shape index (κ2) is 71.4. The third kappa shape index (κ3) is 68.7. The van der Waals surface area contributed by atoms with E-state index in [0.717, 1.165) is 64.2 Å². The Balaban J connectivity index is 4.29. The molecule has 0 saturated carbocycles. The Hall–Kier alpha value is -2.11. The van der Waals surface area contributed by atoms with Crippen molar-refractivity contribution in [2.75, 3.05) is 13.2 Å². The molecule has 6 nitrogen and oxygen atoms in total. The SMILES string of the molecule is CCCCCCC/C=C\C/C=C\CCCCCCCCCCCCCC(=O)OCC(COC(=O)CCCCCCCCCCCCCCCCCCCCCC)OC(=O)CCCCCCCCCCCCCCCCCCCCCCC. The van der Waals surface area contributed by atoms with Gasteiger partial charge >= 0.3 is 17.9 Å². The monoisotopic (exact) mass is 1150 g/mol. The smallest absolute Gasteiger partial charge is 0.306 e. The number of ether oxygens (including phenoxy) is 3. The van der Waals surface area contributed by atoms with Crippen molar-refractivity contribution in [3.05, 3.63) is 24.3 Å². The van der Waals surface area contributed by atoms with Crippen LogP contribution in [0.2, 0.25) is 0 Å². The lowest BCUT2D eigenvalue weighted by atomic mass is 10.0. The topological polar surface area (TPSA) is 78.9 Å². The van der Waals surface area contributed by atoms with Gasteiger partial charge in [-0.1, -0.05) is 379 Å². The van der Waals surface area contributed by atoms with Crippen LogP contribution < -0.4 is 0 Å². The molecule has 0 aromatic rings. The van der Waals surface area contributed by atoms with Gasteiger partial charge in [-0.15, -0.1) is 0 Å². The minimum absolute atomic E-state index is 0.0643. The molecular weight excluding hydrogens is 1010 g/mol. The summed E-state index contributed by atoms with van der Waals surface area (Å²) < 4.78 is 17.1. The van der Waals surface area contributed by atoms with E-state index < -0.39 is 6.10 Å². The number of carbonyl (C=O) groups is 3. The Bertz CT molecular complexity index is 1320. The molecule has 0 rings (SSSR count). The molecule has 1 unspecified atom stereocenters. The van der Waals surface area contributed by atoms with E-state index in [9.17, 15) is 14.4 Å². The predicted octanol–water partition coefficient (Wildman–Crippen LogP) is 25.7. The molecule has 0 aliphatic heterocycles. The highest BCUT2D eigenvalue weighted by Gasteiger charge is 2.20. The number of rotatable bonds is 70. The summed E-state index contributed by atoms with van der Waals surface area (Å²) in [5, 5.41) is 0. The number of hydrogen-bond acceptors (Lipinski definition) is 6. The number of unbranched alkanes of at least 4 members (excludes halogenated alkanes) is 55. The van der Waals surface area contributed by atoms with Crippen LogP contribution in [0.4, 0.5) is 0 Å². The quantitative estimate of drug-likeness (QED) is 0.0261. The summed E-state index contributed by atoms with van der Waals surface area (Å²) in [6, 6.07) is 0. The lowest BCUT2D eigenvalue weighted by Crippen LogP contribution is -2.30. The standard InChI is InChI=1S/C76H144O6/c1-4-7-10-13-16-19-22-25-28-31-34-37-38-40-42-45-48-51-54-57-60-63-66-69-75(78)81-72-73(71-80-74(77)68-65-62-59-56-53-50-47-44-41-36-33-30-27-24-21-18-15-12-9-6-3)82-76(79)70-67-64-61-58-55-52-49-46-43-39-35-32-29-26-23-20-17-14-11-8-5-2/h22,25,31,34,73H,4-21,23-24,26-30,32-33,35-72H2,1-3H3/b25-22-,34-31-. The van der Waals surface area contributed by atoms with Gasteiger partial charge < -0.3 is 14.2 Å². The fourth-order valence-electron chi connectivity index (χ4n) is 11.6. The lowest BCUT2D eigenvalue weighted by Gasteiger charge is -2.18. The van der Waals surface area contributed by atoms with Crippen LogP contribution in [0.5, 0.6) is 0 Å². The van der Waals surface area contributed by atoms with Crippen LogP contribution in [0.3, 0.4) is 0 Å². The van der Waals surface area contributed by atoms with E-state index >= 15 is 0 Å². The molecule has 0 saturated heterocycles. The minimum Gasteiger partial charge on any atom is -0.462 e. The molecule has 0 spiro atoms. The lowest BCUT2D eigenvalue weighted by molar-refractivity contribution is -0.167. The molecule has 484 valence electrons. The summed E-state index contributed by atoms with van der Waals surface area (Å²) in [5.74, 6) is -0.828. The highest BCUT2D eigenvalue weighted by molar-refractivity contribution is 5.71. The van der Waals surface area contributed by atoms with Gasteiger partial charge in [-0.25, -0.2) is 0 Å². The largest absolute Gasteiger partial charge is 0.462 e. The molecule has 0 aliphatic carbocycles. The van der Waals surface area contributed by atoms with Gasteiger partial charge in [0.15, 0.2) is 6.10 Å². The van der Waals surface area contributed by atoms with Crippen molar-refractivity contribution in [3.8, 4) is 0 Å². The molecular formula is C76H144O6. The van der Waals surface area contributed by atoms with Gasteiger partial charge in [-0.2, -0.15) is 0 Å². The zero-order valence-electron chi connectivity index (χ0n) is 55.8. The second-order valence-corrected chi connectivity index (χ2v) is 25.6. The molecule has 0 aromatic carbocycles. The Morgan fingerprint density at radius 3 is 0.671 bits per heavy atom. The van der Waals surface area contributed by atoms with Crippen molar-refractivity contribution in [1.82, 2.24) is 0 Å². The van der Waals surface area contributed by atoms with Crippen molar-refractivity contribution < 1.29 is 28.6 Å². The maximum Gasteiger partial charge on any atom is 0.306 e. The molecule has 1 atom stereocenters. The van der Waals surface area contributed by atoms with Crippen LogP contribution >= 0.6 is 0 Å². The van der Waals surface area contributed by atoms with Gasteiger partial charge in [0, 0.05) is 19.3 Å². The fraction of sp³-hybridized carbons (Fsp3) is 0.908. The van der Waals surface area contributed by atoms with E-state index in [0.29, 0.717) is 19.3 Å². The summed E-state index contributed by atoms with van der Waals surface area (Å²) in [4.78, 5) is 38.6. The number of hydrogen-bond donors (Lipinski definition) is 0. The molecule has 0 amide bonds. The number of carbonyl (C=O) groups excluding carboxylic acids is 3. The van der Waals surface area contributed by atoms with Crippen LogP contribution in [0.15, 0.2) is 24.3 Å². The zero-order chi connectivity index (χ0) is 59.2. The molecule has 82 heavy (non-hydrogen) atoms. The first-order chi connectivity index (χ1) is 40.5. The van der Waals surface area contributed by atoms with Crippen molar-refractivity contribution in [2.45, 2.75) is 431 Å². The molecule has 0 bridgehead atoms. The average Bonchev–Trinajstić information content (AvgIpc) is 3.47. The van der Waals surface area contributed by atoms with Crippen LogP contribution in [-0.4, -0.2) is 37.2 Å². The molecule has 0 radical (unpaired) electrons. The number of allylic oxidation sites excluding steroid dienone is 4. The van der Waals surface area contributed by atoms with E-state index in [1.165, 1.54) is 321 Å². The molecule has 0 heterocycles. The Morgan fingerprint density at radius 1 is 0.244 bits per heavy atom. The van der Waals surface area contributed by atoms with Crippen molar-refractivity contribution >= 4 is 17.9 Å². The Labute approximate surface area is 513 Å². The van der Waals surface area contributed by atoms with Crippen LogP contribution in [0.1, 0.15) is 425 Å². The third-order valence-electron chi connectivity index (χ3n) is 17.2. The normalized spacial score (nSPS) is 12.1. The van der Waals surface area contributed by atoms with Crippen LogP contribution in [0.25, 0.3) is 0 Å².